The summed E-state index contributed by atoms with van der Waals surface area (Å²) in [6, 6.07) is 0. The van der Waals surface area contributed by atoms with Crippen LogP contribution in [0.3, 0.4) is 0 Å². The maximum atomic E-state index is 11.7. The third-order valence-corrected chi connectivity index (χ3v) is 4.12. The third-order valence-electron chi connectivity index (χ3n) is 2.91. The van der Waals surface area contributed by atoms with Crippen LogP contribution in [-0.4, -0.2) is 27.2 Å². The van der Waals surface area contributed by atoms with E-state index in [1.54, 1.807) is 0 Å². The Labute approximate surface area is 103 Å². The molecule has 4 nitrogen and oxygen atoms in total. The van der Waals surface area contributed by atoms with Crippen LogP contribution < -0.4 is 5.32 Å². The summed E-state index contributed by atoms with van der Waals surface area (Å²) in [5, 5.41) is 2.92. The van der Waals surface area contributed by atoms with Gasteiger partial charge in [0.1, 0.15) is 6.33 Å². The van der Waals surface area contributed by atoms with Crippen molar-refractivity contribution in [3.05, 3.63) is 24.3 Å². The second kappa shape index (κ2) is 5.39. The lowest BCUT2D eigenvalue weighted by molar-refractivity contribution is 0.0947. The van der Waals surface area contributed by atoms with Crippen LogP contribution in [0.2, 0.25) is 0 Å². The molecule has 0 aromatic carbocycles. The molecule has 0 bridgehead atoms. The zero-order chi connectivity index (χ0) is 11.4. The van der Waals surface area contributed by atoms with Gasteiger partial charge in [-0.25, -0.2) is 9.97 Å². The lowest BCUT2D eigenvalue weighted by atomic mass is 10.1. The van der Waals surface area contributed by atoms with Gasteiger partial charge in [-0.05, 0) is 18.8 Å². The third kappa shape index (κ3) is 2.78. The summed E-state index contributed by atoms with van der Waals surface area (Å²) in [5.74, 6) is 0.459. The Hall–Kier alpha value is -0.970. The minimum absolute atomic E-state index is 0.0906. The molecule has 0 saturated heterocycles. The van der Waals surface area contributed by atoms with Crippen molar-refractivity contribution in [1.82, 2.24) is 15.3 Å². The number of nitrogens with one attached hydrogen (secondary N) is 1. The van der Waals surface area contributed by atoms with Gasteiger partial charge in [0.05, 0.1) is 5.56 Å². The van der Waals surface area contributed by atoms with Crippen molar-refractivity contribution in [2.45, 2.75) is 24.1 Å². The molecule has 16 heavy (non-hydrogen) atoms. The van der Waals surface area contributed by atoms with Crippen molar-refractivity contribution < 1.29 is 4.79 Å². The molecule has 2 atom stereocenters. The first kappa shape index (κ1) is 11.5. The topological polar surface area (TPSA) is 54.9 Å². The van der Waals surface area contributed by atoms with E-state index < -0.39 is 0 Å². The second-order valence-corrected chi connectivity index (χ2v) is 5.22. The van der Waals surface area contributed by atoms with E-state index in [1.807, 2.05) is 0 Å². The minimum atomic E-state index is -0.0906. The van der Waals surface area contributed by atoms with Gasteiger partial charge in [-0.1, -0.05) is 22.4 Å². The molecule has 1 aliphatic rings. The van der Waals surface area contributed by atoms with Gasteiger partial charge in [-0.15, -0.1) is 0 Å². The van der Waals surface area contributed by atoms with Gasteiger partial charge in [0.25, 0.3) is 5.91 Å². The number of carbonyl (C=O) groups is 1. The van der Waals surface area contributed by atoms with Gasteiger partial charge < -0.3 is 5.32 Å². The molecule has 1 amide bonds. The van der Waals surface area contributed by atoms with E-state index in [0.29, 0.717) is 16.3 Å². The van der Waals surface area contributed by atoms with Crippen LogP contribution in [0.1, 0.15) is 29.6 Å². The molecule has 2 rings (SSSR count). The Morgan fingerprint density at radius 1 is 1.44 bits per heavy atom. The van der Waals surface area contributed by atoms with Crippen LogP contribution in [0.15, 0.2) is 18.7 Å². The molecule has 0 aliphatic heterocycles. The highest BCUT2D eigenvalue weighted by molar-refractivity contribution is 9.09. The summed E-state index contributed by atoms with van der Waals surface area (Å²) in [6.07, 6.45) is 8.11. The zero-order valence-electron chi connectivity index (χ0n) is 8.90. The molecule has 1 heterocycles. The number of amides is 1. The number of nitrogens with zero attached hydrogens (tertiary/aromatic N) is 2. The number of carbonyl (C=O) groups excluding carboxylic acids is 1. The highest BCUT2D eigenvalue weighted by Crippen LogP contribution is 2.30. The van der Waals surface area contributed by atoms with Crippen LogP contribution in [0.4, 0.5) is 0 Å². The molecule has 1 N–H and O–H groups in total. The molecule has 5 heteroatoms. The molecule has 1 fully saturated rings. The Balaban J connectivity index is 1.84. The van der Waals surface area contributed by atoms with Gasteiger partial charge in [-0.2, -0.15) is 0 Å². The Kier molecular flexibility index (Phi) is 3.88. The smallest absolute Gasteiger partial charge is 0.254 e. The molecular formula is C11H14BrN3O. The molecule has 86 valence electrons. The molecule has 1 aromatic heterocycles. The Bertz CT molecular complexity index is 358. The van der Waals surface area contributed by atoms with Crippen LogP contribution in [0.25, 0.3) is 0 Å². The second-order valence-electron chi connectivity index (χ2n) is 4.04. The Morgan fingerprint density at radius 2 is 2.19 bits per heavy atom. The molecule has 0 spiro atoms. The van der Waals surface area contributed by atoms with E-state index >= 15 is 0 Å². The van der Waals surface area contributed by atoms with Crippen LogP contribution in [0.5, 0.6) is 0 Å². The van der Waals surface area contributed by atoms with Gasteiger partial charge >= 0.3 is 0 Å². The van der Waals surface area contributed by atoms with Crippen molar-refractivity contribution in [1.29, 1.82) is 0 Å². The quantitative estimate of drug-likeness (QED) is 0.861. The standard InChI is InChI=1S/C11H14BrN3O/c12-10-3-1-2-8(10)6-15-11(16)9-4-13-7-14-5-9/h4-5,7-8,10H,1-3,6H2,(H,15,16). The first-order chi connectivity index (χ1) is 7.77. The SMILES string of the molecule is O=C(NCC1CCCC1Br)c1cncnc1. The summed E-state index contributed by atoms with van der Waals surface area (Å²) in [6.45, 7) is 0.726. The van der Waals surface area contributed by atoms with E-state index in [9.17, 15) is 4.79 Å². The van der Waals surface area contributed by atoms with Gasteiger partial charge in [0.2, 0.25) is 0 Å². The zero-order valence-corrected chi connectivity index (χ0v) is 10.5. The molecule has 2 unspecified atom stereocenters. The number of rotatable bonds is 3. The first-order valence-corrected chi connectivity index (χ1v) is 6.36. The van der Waals surface area contributed by atoms with E-state index in [4.69, 9.17) is 0 Å². The fourth-order valence-electron chi connectivity index (χ4n) is 1.96. The van der Waals surface area contributed by atoms with Crippen molar-refractivity contribution in [3.63, 3.8) is 0 Å². The number of alkyl halides is 1. The van der Waals surface area contributed by atoms with E-state index in [1.165, 1.54) is 38.0 Å². The maximum Gasteiger partial charge on any atom is 0.254 e. The van der Waals surface area contributed by atoms with Crippen LogP contribution >= 0.6 is 15.9 Å². The highest BCUT2D eigenvalue weighted by Gasteiger charge is 2.25. The van der Waals surface area contributed by atoms with Gasteiger partial charge in [0.15, 0.2) is 0 Å². The Morgan fingerprint density at radius 3 is 2.81 bits per heavy atom. The van der Waals surface area contributed by atoms with Crippen molar-refractivity contribution in [3.8, 4) is 0 Å². The monoisotopic (exact) mass is 283 g/mol. The van der Waals surface area contributed by atoms with Crippen LogP contribution in [0, 0.1) is 5.92 Å². The van der Waals surface area contributed by atoms with E-state index in [2.05, 4.69) is 31.2 Å². The number of hydrogen-bond donors (Lipinski definition) is 1. The highest BCUT2D eigenvalue weighted by atomic mass is 79.9. The number of hydrogen-bond acceptors (Lipinski definition) is 3. The average molecular weight is 284 g/mol. The predicted octanol–water partition coefficient (Wildman–Crippen LogP) is 1.77. The fraction of sp³-hybridized carbons (Fsp3) is 0.545. The van der Waals surface area contributed by atoms with E-state index in [-0.39, 0.29) is 5.91 Å². The fourth-order valence-corrected chi connectivity index (χ4v) is 2.74. The first-order valence-electron chi connectivity index (χ1n) is 5.44. The summed E-state index contributed by atoms with van der Waals surface area (Å²) in [7, 11) is 0. The predicted molar refractivity (Wildman–Crippen MR) is 64.4 cm³/mol. The van der Waals surface area contributed by atoms with E-state index in [0.717, 1.165) is 6.54 Å². The van der Waals surface area contributed by atoms with Crippen LogP contribution in [-0.2, 0) is 0 Å². The average Bonchev–Trinajstić information content (AvgIpc) is 2.73. The van der Waals surface area contributed by atoms with Crippen molar-refractivity contribution in [2.75, 3.05) is 6.54 Å². The molecule has 1 aliphatic carbocycles. The lowest BCUT2D eigenvalue weighted by Crippen LogP contribution is -2.31. The van der Waals surface area contributed by atoms with Crippen molar-refractivity contribution in [2.24, 2.45) is 5.92 Å². The number of halogens is 1. The lowest BCUT2D eigenvalue weighted by Gasteiger charge is -2.14. The van der Waals surface area contributed by atoms with Crippen molar-refractivity contribution >= 4 is 21.8 Å². The molecule has 1 aromatic rings. The van der Waals surface area contributed by atoms with Gasteiger partial charge in [-0.3, -0.25) is 4.79 Å². The summed E-state index contributed by atoms with van der Waals surface area (Å²) in [4.78, 5) is 19.9. The largest absolute Gasteiger partial charge is 0.352 e. The summed E-state index contributed by atoms with van der Waals surface area (Å²) < 4.78 is 0. The number of aromatic nitrogens is 2. The summed E-state index contributed by atoms with van der Waals surface area (Å²) in [5.41, 5.74) is 0.520. The minimum Gasteiger partial charge on any atom is -0.352 e. The van der Waals surface area contributed by atoms with Gasteiger partial charge in [0, 0.05) is 23.8 Å². The molecule has 0 radical (unpaired) electrons. The molecule has 1 saturated carbocycles. The molecular weight excluding hydrogens is 270 g/mol. The normalized spacial score (nSPS) is 24.3. The summed E-state index contributed by atoms with van der Waals surface area (Å²) >= 11 is 3.64. The maximum absolute atomic E-state index is 11.7.